The Morgan fingerprint density at radius 3 is 2.31 bits per heavy atom. The largest absolute Gasteiger partial charge is 0.355 e. The van der Waals surface area contributed by atoms with Gasteiger partial charge in [0.25, 0.3) is 11.8 Å². The third kappa shape index (κ3) is 4.24. The normalized spacial score (nSPS) is 13.5. The second-order valence-electron chi connectivity index (χ2n) is 5.69. The fraction of sp³-hybridized carbons (Fsp3) is 0.278. The highest BCUT2D eigenvalue weighted by molar-refractivity contribution is 14.0. The number of amides is 2. The number of aryl methyl sites for hydroxylation is 1. The SMILES string of the molecule is CN=C(NCCN1C(=O)c2ccccc2C1=O)NCc1sccc1C.I. The van der Waals surface area contributed by atoms with Gasteiger partial charge in [0.05, 0.1) is 17.7 Å². The Morgan fingerprint density at radius 2 is 1.77 bits per heavy atom. The second-order valence-corrected chi connectivity index (χ2v) is 6.69. The van der Waals surface area contributed by atoms with Crippen LogP contribution in [0.3, 0.4) is 0 Å². The van der Waals surface area contributed by atoms with Crippen molar-refractivity contribution >= 4 is 53.1 Å². The Kier molecular flexibility index (Phi) is 7.15. The van der Waals surface area contributed by atoms with Crippen molar-refractivity contribution < 1.29 is 9.59 Å². The average Bonchev–Trinajstić information content (AvgIpc) is 3.14. The van der Waals surface area contributed by atoms with Crippen molar-refractivity contribution in [3.63, 3.8) is 0 Å². The van der Waals surface area contributed by atoms with Crippen LogP contribution in [0.25, 0.3) is 0 Å². The molecule has 2 heterocycles. The third-order valence-corrected chi connectivity index (χ3v) is 5.14. The number of imide groups is 1. The maximum Gasteiger partial charge on any atom is 0.261 e. The van der Waals surface area contributed by atoms with Gasteiger partial charge in [-0.3, -0.25) is 19.5 Å². The van der Waals surface area contributed by atoms with Gasteiger partial charge in [-0.1, -0.05) is 12.1 Å². The van der Waals surface area contributed by atoms with E-state index in [9.17, 15) is 9.59 Å². The first-order chi connectivity index (χ1) is 12.1. The quantitative estimate of drug-likeness (QED) is 0.296. The Hall–Kier alpha value is -1.94. The van der Waals surface area contributed by atoms with Gasteiger partial charge < -0.3 is 10.6 Å². The number of fused-ring (bicyclic) bond motifs is 1. The predicted octanol–water partition coefficient (Wildman–Crippen LogP) is 2.64. The van der Waals surface area contributed by atoms with E-state index in [1.165, 1.54) is 15.3 Å². The van der Waals surface area contributed by atoms with Crippen molar-refractivity contribution in [2.45, 2.75) is 13.5 Å². The molecular weight excluding hydrogens is 463 g/mol. The molecule has 26 heavy (non-hydrogen) atoms. The molecular formula is C18H21IN4O2S. The Balaban J connectivity index is 0.00000243. The van der Waals surface area contributed by atoms with Crippen LogP contribution in [-0.4, -0.2) is 42.8 Å². The topological polar surface area (TPSA) is 73.8 Å². The molecule has 0 aliphatic carbocycles. The second kappa shape index (κ2) is 9.13. The number of carbonyl (C=O) groups excluding carboxylic acids is 2. The summed E-state index contributed by atoms with van der Waals surface area (Å²) in [6.45, 7) is 3.50. The lowest BCUT2D eigenvalue weighted by atomic mass is 10.1. The number of guanidine groups is 1. The van der Waals surface area contributed by atoms with Crippen LogP contribution < -0.4 is 10.6 Å². The molecule has 0 saturated carbocycles. The van der Waals surface area contributed by atoms with E-state index < -0.39 is 0 Å². The zero-order valence-corrected chi connectivity index (χ0v) is 17.8. The first-order valence-corrected chi connectivity index (χ1v) is 8.92. The van der Waals surface area contributed by atoms with Crippen molar-refractivity contribution in [3.05, 3.63) is 57.3 Å². The summed E-state index contributed by atoms with van der Waals surface area (Å²) in [6, 6.07) is 8.99. The van der Waals surface area contributed by atoms with Crippen LogP contribution in [0.15, 0.2) is 40.7 Å². The first-order valence-electron chi connectivity index (χ1n) is 8.04. The van der Waals surface area contributed by atoms with Gasteiger partial charge in [-0.25, -0.2) is 0 Å². The van der Waals surface area contributed by atoms with Crippen molar-refractivity contribution in [3.8, 4) is 0 Å². The molecule has 2 N–H and O–H groups in total. The molecule has 1 aromatic carbocycles. The molecule has 3 rings (SSSR count). The molecule has 0 saturated heterocycles. The lowest BCUT2D eigenvalue weighted by molar-refractivity contribution is 0.0657. The number of nitrogens with zero attached hydrogens (tertiary/aromatic N) is 2. The molecule has 2 aromatic rings. The molecule has 1 aliphatic heterocycles. The van der Waals surface area contributed by atoms with E-state index in [0.717, 1.165) is 0 Å². The Labute approximate surface area is 173 Å². The highest BCUT2D eigenvalue weighted by Gasteiger charge is 2.34. The number of thiophene rings is 1. The minimum Gasteiger partial charge on any atom is -0.355 e. The fourth-order valence-electron chi connectivity index (χ4n) is 2.70. The molecule has 0 atom stereocenters. The summed E-state index contributed by atoms with van der Waals surface area (Å²) < 4.78 is 0. The molecule has 0 fully saturated rings. The van der Waals surface area contributed by atoms with Gasteiger partial charge in [0.15, 0.2) is 5.96 Å². The zero-order chi connectivity index (χ0) is 17.8. The molecule has 138 valence electrons. The fourth-order valence-corrected chi connectivity index (χ4v) is 3.54. The Bertz CT molecular complexity index is 799. The van der Waals surface area contributed by atoms with Crippen LogP contribution in [0.2, 0.25) is 0 Å². The molecule has 1 aromatic heterocycles. The maximum absolute atomic E-state index is 12.3. The van der Waals surface area contributed by atoms with E-state index in [2.05, 4.69) is 34.0 Å². The molecule has 0 bridgehead atoms. The summed E-state index contributed by atoms with van der Waals surface area (Å²) in [7, 11) is 1.69. The van der Waals surface area contributed by atoms with Crippen LogP contribution >= 0.6 is 35.3 Å². The number of benzene rings is 1. The smallest absolute Gasteiger partial charge is 0.261 e. The Morgan fingerprint density at radius 1 is 1.12 bits per heavy atom. The molecule has 8 heteroatoms. The molecule has 0 radical (unpaired) electrons. The van der Waals surface area contributed by atoms with Crippen LogP contribution in [0.4, 0.5) is 0 Å². The van der Waals surface area contributed by atoms with E-state index in [-0.39, 0.29) is 35.8 Å². The number of nitrogens with one attached hydrogen (secondary N) is 2. The number of halogens is 1. The van der Waals surface area contributed by atoms with Crippen molar-refractivity contribution in [2.75, 3.05) is 20.1 Å². The summed E-state index contributed by atoms with van der Waals surface area (Å²) in [5, 5.41) is 8.44. The van der Waals surface area contributed by atoms with E-state index in [1.807, 2.05) is 0 Å². The number of hydrogen-bond donors (Lipinski definition) is 2. The molecule has 6 nitrogen and oxygen atoms in total. The number of rotatable bonds is 5. The first kappa shape index (κ1) is 20.4. The number of hydrogen-bond acceptors (Lipinski definition) is 4. The third-order valence-electron chi connectivity index (χ3n) is 4.11. The van der Waals surface area contributed by atoms with Crippen LogP contribution in [-0.2, 0) is 6.54 Å². The summed E-state index contributed by atoms with van der Waals surface area (Å²) in [5.41, 5.74) is 2.20. The van der Waals surface area contributed by atoms with Gasteiger partial charge >= 0.3 is 0 Å². The van der Waals surface area contributed by atoms with Crippen LogP contribution in [0, 0.1) is 6.92 Å². The molecule has 0 spiro atoms. The molecule has 2 amide bonds. The summed E-state index contributed by atoms with van der Waals surface area (Å²) in [5.74, 6) is 0.170. The maximum atomic E-state index is 12.3. The monoisotopic (exact) mass is 484 g/mol. The average molecular weight is 484 g/mol. The minimum atomic E-state index is -0.237. The van der Waals surface area contributed by atoms with E-state index in [4.69, 9.17) is 0 Å². The summed E-state index contributed by atoms with van der Waals surface area (Å²) >= 11 is 1.70. The molecule has 1 aliphatic rings. The van der Waals surface area contributed by atoms with Gasteiger partial charge in [0.1, 0.15) is 0 Å². The van der Waals surface area contributed by atoms with E-state index in [1.54, 1.807) is 42.6 Å². The zero-order valence-electron chi connectivity index (χ0n) is 14.6. The van der Waals surface area contributed by atoms with Gasteiger partial charge in [0, 0.05) is 25.0 Å². The number of carbonyl (C=O) groups is 2. The van der Waals surface area contributed by atoms with Gasteiger partial charge in [-0.05, 0) is 36.1 Å². The summed E-state index contributed by atoms with van der Waals surface area (Å²) in [4.78, 5) is 31.3. The van der Waals surface area contributed by atoms with Gasteiger partial charge in [-0.2, -0.15) is 0 Å². The van der Waals surface area contributed by atoms with Gasteiger partial charge in [0.2, 0.25) is 0 Å². The predicted molar refractivity (Wildman–Crippen MR) is 114 cm³/mol. The lowest BCUT2D eigenvalue weighted by Gasteiger charge is -2.16. The van der Waals surface area contributed by atoms with Crippen LogP contribution in [0.5, 0.6) is 0 Å². The van der Waals surface area contributed by atoms with Crippen molar-refractivity contribution in [1.82, 2.24) is 15.5 Å². The molecule has 0 unspecified atom stereocenters. The highest BCUT2D eigenvalue weighted by atomic mass is 127. The minimum absolute atomic E-state index is 0. The van der Waals surface area contributed by atoms with Gasteiger partial charge in [-0.15, -0.1) is 35.3 Å². The lowest BCUT2D eigenvalue weighted by Crippen LogP contribution is -2.42. The summed E-state index contributed by atoms with van der Waals surface area (Å²) in [6.07, 6.45) is 0. The standard InChI is InChI=1S/C18H20N4O2S.HI/c1-12-7-10-25-15(12)11-21-18(19-2)20-8-9-22-16(23)13-5-3-4-6-14(13)17(22)24;/h3-7,10H,8-9,11H2,1-2H3,(H2,19,20,21);1H. The van der Waals surface area contributed by atoms with E-state index in [0.29, 0.717) is 36.7 Å². The highest BCUT2D eigenvalue weighted by Crippen LogP contribution is 2.21. The van der Waals surface area contributed by atoms with E-state index >= 15 is 0 Å². The number of aliphatic imine (C=N–C) groups is 1. The van der Waals surface area contributed by atoms with Crippen LogP contribution in [0.1, 0.15) is 31.2 Å². The van der Waals surface area contributed by atoms with Crippen molar-refractivity contribution in [1.29, 1.82) is 0 Å². The van der Waals surface area contributed by atoms with Crippen molar-refractivity contribution in [2.24, 2.45) is 4.99 Å².